The van der Waals surface area contributed by atoms with E-state index in [1.807, 2.05) is 22.6 Å². The third-order valence-electron chi connectivity index (χ3n) is 3.54. The van der Waals surface area contributed by atoms with Gasteiger partial charge in [0.1, 0.15) is 11.0 Å². The molecular formula is C17H19F3INO4. The Morgan fingerprint density at radius 3 is 2.04 bits per heavy atom. The Labute approximate surface area is 162 Å². The summed E-state index contributed by atoms with van der Waals surface area (Å²) in [5.41, 5.74) is -3.15. The number of nitrogens with one attached hydrogen (secondary N) is 1. The molecule has 1 rings (SSSR count). The van der Waals surface area contributed by atoms with E-state index in [0.29, 0.717) is 3.57 Å². The normalized spacial score (nSPS) is 14.3. The fourth-order valence-electron chi connectivity index (χ4n) is 2.06. The fraction of sp³-hybridized carbons (Fsp3) is 0.471. The molecule has 26 heavy (non-hydrogen) atoms. The first-order valence-electron chi connectivity index (χ1n) is 7.51. The van der Waals surface area contributed by atoms with Crippen molar-refractivity contribution in [2.75, 3.05) is 5.32 Å². The number of hydrogen-bond donors (Lipinski definition) is 1. The average molecular weight is 485 g/mol. The Kier molecular flexibility index (Phi) is 6.49. The van der Waals surface area contributed by atoms with Crippen LogP contribution in [-0.2, 0) is 24.5 Å². The molecule has 0 aromatic heterocycles. The number of carbonyl (C=O) groups excluding carboxylic acids is 3. The van der Waals surface area contributed by atoms with E-state index in [9.17, 15) is 27.6 Å². The number of Topliss-reactive ketones (excluding diaryl/α,β-unsaturated/α-hetero) is 1. The number of amides is 1. The van der Waals surface area contributed by atoms with Crippen LogP contribution in [0.3, 0.4) is 0 Å². The van der Waals surface area contributed by atoms with Crippen molar-refractivity contribution in [1.82, 2.24) is 0 Å². The van der Waals surface area contributed by atoms with Gasteiger partial charge in [-0.25, -0.2) is 0 Å². The smallest absolute Gasteiger partial charge is 0.459 e. The number of hydrogen-bond acceptors (Lipinski definition) is 4. The van der Waals surface area contributed by atoms with Crippen molar-refractivity contribution in [3.8, 4) is 0 Å². The highest BCUT2D eigenvalue weighted by molar-refractivity contribution is 14.1. The summed E-state index contributed by atoms with van der Waals surface area (Å²) in [6, 6.07) is 4.04. The number of esters is 1. The van der Waals surface area contributed by atoms with Crippen molar-refractivity contribution >= 4 is 45.9 Å². The SMILES string of the molecule is CC(=O)[C@@](C)(C(=O)OC(C)(C)C)c1cc(I)ccc1NC(=O)C(F)(F)F. The second-order valence-electron chi connectivity index (χ2n) is 6.82. The summed E-state index contributed by atoms with van der Waals surface area (Å²) in [7, 11) is 0. The lowest BCUT2D eigenvalue weighted by molar-refractivity contribution is -0.167. The first-order valence-corrected chi connectivity index (χ1v) is 8.59. The van der Waals surface area contributed by atoms with Gasteiger partial charge in [0, 0.05) is 14.8 Å². The van der Waals surface area contributed by atoms with Crippen LogP contribution >= 0.6 is 22.6 Å². The maximum Gasteiger partial charge on any atom is 0.471 e. The summed E-state index contributed by atoms with van der Waals surface area (Å²) in [5, 5.41) is 1.73. The number of carbonyl (C=O) groups is 3. The molecule has 9 heteroatoms. The molecular weight excluding hydrogens is 466 g/mol. The number of rotatable bonds is 4. The number of ether oxygens (including phenoxy) is 1. The number of anilines is 1. The molecule has 0 aliphatic carbocycles. The zero-order chi connectivity index (χ0) is 20.5. The minimum Gasteiger partial charge on any atom is -0.459 e. The first-order chi connectivity index (χ1) is 11.6. The topological polar surface area (TPSA) is 72.5 Å². The fourth-order valence-corrected chi connectivity index (χ4v) is 2.55. The molecule has 1 atom stereocenters. The van der Waals surface area contributed by atoms with Crippen LogP contribution in [0.4, 0.5) is 18.9 Å². The summed E-state index contributed by atoms with van der Waals surface area (Å²) in [5.74, 6) is -3.74. The van der Waals surface area contributed by atoms with Crippen LogP contribution in [0, 0.1) is 3.57 Å². The predicted molar refractivity (Wildman–Crippen MR) is 97.7 cm³/mol. The van der Waals surface area contributed by atoms with E-state index < -0.39 is 34.9 Å². The Morgan fingerprint density at radius 1 is 1.08 bits per heavy atom. The van der Waals surface area contributed by atoms with Crippen LogP contribution in [-0.4, -0.2) is 29.4 Å². The molecule has 1 N–H and O–H groups in total. The van der Waals surface area contributed by atoms with E-state index >= 15 is 0 Å². The van der Waals surface area contributed by atoms with Crippen LogP contribution in [0.2, 0.25) is 0 Å². The van der Waals surface area contributed by atoms with E-state index in [1.165, 1.54) is 25.1 Å². The van der Waals surface area contributed by atoms with Crippen molar-refractivity contribution in [1.29, 1.82) is 0 Å². The van der Waals surface area contributed by atoms with E-state index in [-0.39, 0.29) is 11.3 Å². The molecule has 0 unspecified atom stereocenters. The summed E-state index contributed by atoms with van der Waals surface area (Å²) >= 11 is 1.89. The van der Waals surface area contributed by atoms with Crippen molar-refractivity contribution in [2.45, 2.75) is 51.8 Å². The molecule has 0 saturated heterocycles. The summed E-state index contributed by atoms with van der Waals surface area (Å²) in [4.78, 5) is 36.3. The van der Waals surface area contributed by atoms with Gasteiger partial charge >= 0.3 is 18.1 Å². The standard InChI is InChI=1S/C17H19F3INO4/c1-9(23)16(5,14(25)26-15(2,3)4)11-8-10(21)6-7-12(11)22-13(24)17(18,19)20/h6-8H,1-5H3,(H,22,24)/t16-/m1/s1. The number of halogens is 4. The number of alkyl halides is 3. The minimum absolute atomic E-state index is 0.0660. The Morgan fingerprint density at radius 2 is 1.62 bits per heavy atom. The molecule has 0 bridgehead atoms. The molecule has 1 aromatic carbocycles. The number of ketones is 1. The van der Waals surface area contributed by atoms with E-state index in [2.05, 4.69) is 0 Å². The van der Waals surface area contributed by atoms with Crippen LogP contribution < -0.4 is 5.32 Å². The Balaban J connectivity index is 3.52. The molecule has 0 spiro atoms. The second kappa shape index (κ2) is 7.53. The summed E-state index contributed by atoms with van der Waals surface area (Å²) < 4.78 is 43.7. The van der Waals surface area contributed by atoms with Gasteiger partial charge in [-0.3, -0.25) is 14.4 Å². The molecule has 0 aliphatic heterocycles. The molecule has 1 amide bonds. The molecule has 144 valence electrons. The quantitative estimate of drug-likeness (QED) is 0.398. The highest BCUT2D eigenvalue weighted by atomic mass is 127. The van der Waals surface area contributed by atoms with Crippen LogP contribution in [0.5, 0.6) is 0 Å². The van der Waals surface area contributed by atoms with Crippen LogP contribution in [0.1, 0.15) is 40.2 Å². The van der Waals surface area contributed by atoms with Gasteiger partial charge in [0.25, 0.3) is 0 Å². The van der Waals surface area contributed by atoms with Gasteiger partial charge < -0.3 is 10.1 Å². The molecule has 0 radical (unpaired) electrons. The van der Waals surface area contributed by atoms with Gasteiger partial charge in [-0.05, 0) is 75.4 Å². The van der Waals surface area contributed by atoms with Crippen molar-refractivity contribution in [2.24, 2.45) is 0 Å². The molecule has 0 fully saturated rings. The van der Waals surface area contributed by atoms with Gasteiger partial charge in [0.15, 0.2) is 5.78 Å². The van der Waals surface area contributed by atoms with E-state index in [4.69, 9.17) is 4.74 Å². The zero-order valence-electron chi connectivity index (χ0n) is 14.9. The minimum atomic E-state index is -5.11. The van der Waals surface area contributed by atoms with Crippen LogP contribution in [0.15, 0.2) is 18.2 Å². The lowest BCUT2D eigenvalue weighted by atomic mass is 9.78. The van der Waals surface area contributed by atoms with Gasteiger partial charge in [-0.1, -0.05) is 0 Å². The van der Waals surface area contributed by atoms with Crippen molar-refractivity contribution in [3.05, 3.63) is 27.3 Å². The van der Waals surface area contributed by atoms with Gasteiger partial charge in [-0.15, -0.1) is 0 Å². The largest absolute Gasteiger partial charge is 0.471 e. The van der Waals surface area contributed by atoms with Gasteiger partial charge in [0.2, 0.25) is 0 Å². The lowest BCUT2D eigenvalue weighted by Crippen LogP contribution is -2.45. The second-order valence-corrected chi connectivity index (χ2v) is 8.07. The zero-order valence-corrected chi connectivity index (χ0v) is 17.0. The lowest BCUT2D eigenvalue weighted by Gasteiger charge is -2.31. The maximum atomic E-state index is 12.7. The van der Waals surface area contributed by atoms with Gasteiger partial charge in [-0.2, -0.15) is 13.2 Å². The highest BCUT2D eigenvalue weighted by Gasteiger charge is 2.46. The molecule has 5 nitrogen and oxygen atoms in total. The number of benzene rings is 1. The van der Waals surface area contributed by atoms with Gasteiger partial charge in [0.05, 0.1) is 0 Å². The molecule has 0 aliphatic rings. The maximum absolute atomic E-state index is 12.7. The van der Waals surface area contributed by atoms with E-state index in [0.717, 1.165) is 6.92 Å². The molecule has 1 aromatic rings. The highest BCUT2D eigenvalue weighted by Crippen LogP contribution is 2.36. The average Bonchev–Trinajstić information content (AvgIpc) is 2.45. The van der Waals surface area contributed by atoms with Crippen molar-refractivity contribution < 1.29 is 32.3 Å². The summed E-state index contributed by atoms with van der Waals surface area (Å²) in [6.07, 6.45) is -5.11. The third kappa shape index (κ3) is 5.18. The van der Waals surface area contributed by atoms with Crippen LogP contribution in [0.25, 0.3) is 0 Å². The Hall–Kier alpha value is -1.65. The molecule has 0 heterocycles. The third-order valence-corrected chi connectivity index (χ3v) is 4.21. The predicted octanol–water partition coefficient (Wildman–Crippen LogP) is 3.98. The molecule has 0 saturated carbocycles. The van der Waals surface area contributed by atoms with Crippen molar-refractivity contribution in [3.63, 3.8) is 0 Å². The summed E-state index contributed by atoms with van der Waals surface area (Å²) in [6.45, 7) is 7.21. The van der Waals surface area contributed by atoms with E-state index in [1.54, 1.807) is 26.1 Å². The Bertz CT molecular complexity index is 741. The first kappa shape index (κ1) is 22.4. The monoisotopic (exact) mass is 485 g/mol.